The Bertz CT molecular complexity index is 830. The molecule has 4 nitrogen and oxygen atoms in total. The van der Waals surface area contributed by atoms with Crippen molar-refractivity contribution in [2.75, 3.05) is 0 Å². The van der Waals surface area contributed by atoms with Crippen LogP contribution >= 0.6 is 11.6 Å². The summed E-state index contributed by atoms with van der Waals surface area (Å²) in [5, 5.41) is 0.536. The van der Waals surface area contributed by atoms with Gasteiger partial charge in [0.25, 0.3) is 0 Å². The van der Waals surface area contributed by atoms with Gasteiger partial charge in [0, 0.05) is 5.02 Å². The van der Waals surface area contributed by atoms with Crippen molar-refractivity contribution in [3.63, 3.8) is 0 Å². The van der Waals surface area contributed by atoms with E-state index in [-0.39, 0.29) is 5.75 Å². The standard InChI is InChI=1S/C17H16ClNO3S/c18-15-8-4-7-14(11-15)17(9-10-17)16(20)19-23(21,22)12-13-5-2-1-3-6-13/h1-8,11H,9-10,12H2,(H,19,20). The molecule has 1 amide bonds. The van der Waals surface area contributed by atoms with Crippen LogP contribution < -0.4 is 4.72 Å². The molecule has 1 fully saturated rings. The second kappa shape index (κ2) is 5.98. The second-order valence-electron chi connectivity index (χ2n) is 5.77. The minimum atomic E-state index is -3.73. The zero-order valence-electron chi connectivity index (χ0n) is 12.3. The molecule has 6 heteroatoms. The minimum Gasteiger partial charge on any atom is -0.273 e. The number of carbonyl (C=O) groups is 1. The fraction of sp³-hybridized carbons (Fsp3) is 0.235. The Hall–Kier alpha value is -1.85. The van der Waals surface area contributed by atoms with Crippen molar-refractivity contribution in [2.24, 2.45) is 0 Å². The zero-order valence-corrected chi connectivity index (χ0v) is 13.9. The summed E-state index contributed by atoms with van der Waals surface area (Å²) in [5.74, 6) is -0.693. The Labute approximate surface area is 140 Å². The summed E-state index contributed by atoms with van der Waals surface area (Å²) in [6.45, 7) is 0. The van der Waals surface area contributed by atoms with Crippen LogP contribution in [-0.4, -0.2) is 14.3 Å². The summed E-state index contributed by atoms with van der Waals surface area (Å²) >= 11 is 5.97. The van der Waals surface area contributed by atoms with Gasteiger partial charge in [0.05, 0.1) is 11.2 Å². The number of benzene rings is 2. The second-order valence-corrected chi connectivity index (χ2v) is 7.93. The van der Waals surface area contributed by atoms with Crippen molar-refractivity contribution < 1.29 is 13.2 Å². The lowest BCUT2D eigenvalue weighted by Gasteiger charge is -2.16. The molecule has 0 aliphatic heterocycles. The molecule has 2 aromatic rings. The molecule has 0 spiro atoms. The molecule has 0 heterocycles. The number of halogens is 1. The van der Waals surface area contributed by atoms with Gasteiger partial charge in [-0.2, -0.15) is 0 Å². The van der Waals surface area contributed by atoms with E-state index in [9.17, 15) is 13.2 Å². The van der Waals surface area contributed by atoms with Crippen molar-refractivity contribution in [1.29, 1.82) is 0 Å². The van der Waals surface area contributed by atoms with E-state index in [0.29, 0.717) is 23.4 Å². The van der Waals surface area contributed by atoms with Gasteiger partial charge in [-0.3, -0.25) is 9.52 Å². The first-order valence-electron chi connectivity index (χ1n) is 7.26. The molecule has 1 N–H and O–H groups in total. The maximum atomic E-state index is 12.5. The van der Waals surface area contributed by atoms with Gasteiger partial charge in [-0.05, 0) is 36.1 Å². The van der Waals surface area contributed by atoms with Crippen molar-refractivity contribution in [3.05, 3.63) is 70.7 Å². The SMILES string of the molecule is O=C(NS(=O)(=O)Cc1ccccc1)C1(c2cccc(Cl)c2)CC1. The maximum Gasteiger partial charge on any atom is 0.244 e. The van der Waals surface area contributed by atoms with E-state index >= 15 is 0 Å². The monoisotopic (exact) mass is 349 g/mol. The lowest BCUT2D eigenvalue weighted by atomic mass is 9.95. The number of rotatable bonds is 5. The van der Waals surface area contributed by atoms with Gasteiger partial charge in [-0.25, -0.2) is 8.42 Å². The summed E-state index contributed by atoms with van der Waals surface area (Å²) in [6, 6.07) is 15.8. The van der Waals surface area contributed by atoms with Crippen molar-refractivity contribution in [2.45, 2.75) is 24.0 Å². The van der Waals surface area contributed by atoms with E-state index in [2.05, 4.69) is 4.72 Å². The molecule has 0 atom stereocenters. The van der Waals surface area contributed by atoms with Crippen LogP contribution in [0.3, 0.4) is 0 Å². The van der Waals surface area contributed by atoms with Gasteiger partial charge in [0.15, 0.2) is 0 Å². The molecule has 23 heavy (non-hydrogen) atoms. The van der Waals surface area contributed by atoms with Crippen LogP contribution in [-0.2, 0) is 26.0 Å². The van der Waals surface area contributed by atoms with Crippen molar-refractivity contribution >= 4 is 27.5 Å². The van der Waals surface area contributed by atoms with Gasteiger partial charge in [-0.1, -0.05) is 54.1 Å². The van der Waals surface area contributed by atoms with E-state index in [0.717, 1.165) is 5.56 Å². The molecule has 120 valence electrons. The molecule has 2 aromatic carbocycles. The number of sulfonamides is 1. The molecule has 3 rings (SSSR count). The summed E-state index contributed by atoms with van der Waals surface area (Å²) in [5.41, 5.74) is 0.632. The van der Waals surface area contributed by atoms with E-state index in [1.807, 2.05) is 12.1 Å². The molecule has 0 saturated heterocycles. The topological polar surface area (TPSA) is 63.2 Å². The summed E-state index contributed by atoms with van der Waals surface area (Å²) in [6.07, 6.45) is 1.25. The average Bonchev–Trinajstić information content (AvgIpc) is 3.29. The third kappa shape index (κ3) is 3.57. The normalized spacial score (nSPS) is 15.9. The Morgan fingerprint density at radius 1 is 1.09 bits per heavy atom. The van der Waals surface area contributed by atoms with Crippen molar-refractivity contribution in [1.82, 2.24) is 4.72 Å². The van der Waals surface area contributed by atoms with Crippen LogP contribution in [0.5, 0.6) is 0 Å². The van der Waals surface area contributed by atoms with Gasteiger partial charge in [-0.15, -0.1) is 0 Å². The number of carbonyl (C=O) groups excluding carboxylic acids is 1. The summed E-state index contributed by atoms with van der Waals surface area (Å²) < 4.78 is 26.7. The minimum absolute atomic E-state index is 0.217. The predicted molar refractivity (Wildman–Crippen MR) is 89.6 cm³/mol. The molecule has 0 unspecified atom stereocenters. The third-order valence-electron chi connectivity index (χ3n) is 4.01. The summed E-state index contributed by atoms with van der Waals surface area (Å²) in [7, 11) is -3.73. The van der Waals surface area contributed by atoms with E-state index in [1.54, 1.807) is 42.5 Å². The van der Waals surface area contributed by atoms with Gasteiger partial charge >= 0.3 is 0 Å². The zero-order chi connectivity index (χ0) is 16.5. The van der Waals surface area contributed by atoms with Crippen LogP contribution in [0.2, 0.25) is 5.02 Å². The van der Waals surface area contributed by atoms with Crippen LogP contribution in [0.4, 0.5) is 0 Å². The molecule has 1 saturated carbocycles. The molecule has 0 bridgehead atoms. The average molecular weight is 350 g/mol. The Morgan fingerprint density at radius 2 is 1.78 bits per heavy atom. The Balaban J connectivity index is 1.76. The van der Waals surface area contributed by atoms with E-state index in [4.69, 9.17) is 11.6 Å². The Kier molecular flexibility index (Phi) is 4.17. The first-order chi connectivity index (χ1) is 10.9. The fourth-order valence-corrected chi connectivity index (χ4v) is 4.00. The highest BCUT2D eigenvalue weighted by Gasteiger charge is 2.52. The molecular weight excluding hydrogens is 334 g/mol. The predicted octanol–water partition coefficient (Wildman–Crippen LogP) is 3.02. The maximum absolute atomic E-state index is 12.5. The smallest absolute Gasteiger partial charge is 0.244 e. The lowest BCUT2D eigenvalue weighted by Crippen LogP contribution is -2.39. The van der Waals surface area contributed by atoms with Crippen LogP contribution in [0.25, 0.3) is 0 Å². The summed E-state index contributed by atoms with van der Waals surface area (Å²) in [4.78, 5) is 12.5. The first-order valence-corrected chi connectivity index (χ1v) is 9.29. The van der Waals surface area contributed by atoms with E-state index < -0.39 is 21.3 Å². The molecular formula is C17H16ClNO3S. The molecule has 0 aromatic heterocycles. The number of nitrogens with one attached hydrogen (secondary N) is 1. The van der Waals surface area contributed by atoms with Gasteiger partial charge in [0.1, 0.15) is 0 Å². The molecule has 0 radical (unpaired) electrons. The number of amides is 1. The highest BCUT2D eigenvalue weighted by molar-refractivity contribution is 7.89. The lowest BCUT2D eigenvalue weighted by molar-refractivity contribution is -0.121. The van der Waals surface area contributed by atoms with Crippen molar-refractivity contribution in [3.8, 4) is 0 Å². The van der Waals surface area contributed by atoms with Crippen LogP contribution in [0.15, 0.2) is 54.6 Å². The third-order valence-corrected chi connectivity index (χ3v) is 5.45. The molecule has 1 aliphatic rings. The van der Waals surface area contributed by atoms with Gasteiger partial charge in [0.2, 0.25) is 15.9 Å². The van der Waals surface area contributed by atoms with Crippen LogP contribution in [0, 0.1) is 0 Å². The number of hydrogen-bond acceptors (Lipinski definition) is 3. The number of hydrogen-bond donors (Lipinski definition) is 1. The van der Waals surface area contributed by atoms with Crippen LogP contribution in [0.1, 0.15) is 24.0 Å². The molecule has 1 aliphatic carbocycles. The quantitative estimate of drug-likeness (QED) is 0.902. The largest absolute Gasteiger partial charge is 0.273 e. The van der Waals surface area contributed by atoms with Gasteiger partial charge < -0.3 is 0 Å². The fourth-order valence-electron chi connectivity index (χ4n) is 2.63. The first kappa shape index (κ1) is 16.0. The van der Waals surface area contributed by atoms with E-state index in [1.165, 1.54) is 0 Å². The Morgan fingerprint density at radius 3 is 2.39 bits per heavy atom. The highest BCUT2D eigenvalue weighted by atomic mass is 35.5. The highest BCUT2D eigenvalue weighted by Crippen LogP contribution is 2.49.